The highest BCUT2D eigenvalue weighted by Gasteiger charge is 2.19. The molecule has 1 aromatic carbocycles. The zero-order chi connectivity index (χ0) is 15.4. The average Bonchev–Trinajstić information content (AvgIpc) is 2.81. The van der Waals surface area contributed by atoms with Crippen molar-refractivity contribution in [2.45, 2.75) is 39.2 Å². The van der Waals surface area contributed by atoms with Crippen LogP contribution in [0.15, 0.2) is 28.7 Å². The van der Waals surface area contributed by atoms with Gasteiger partial charge in [-0.1, -0.05) is 30.7 Å². The summed E-state index contributed by atoms with van der Waals surface area (Å²) >= 11 is 9.66. The van der Waals surface area contributed by atoms with Crippen LogP contribution in [0.5, 0.6) is 0 Å². The number of aromatic nitrogens is 2. The first kappa shape index (κ1) is 16.5. The summed E-state index contributed by atoms with van der Waals surface area (Å²) in [6.07, 6.45) is 1.80. The van der Waals surface area contributed by atoms with Gasteiger partial charge in [0, 0.05) is 17.5 Å². The molecule has 1 unspecified atom stereocenters. The van der Waals surface area contributed by atoms with E-state index >= 15 is 0 Å². The first-order valence-electron chi connectivity index (χ1n) is 7.30. The van der Waals surface area contributed by atoms with Gasteiger partial charge >= 0.3 is 0 Å². The standard InChI is InChI=1S/C16H21BrClN3/c1-3-14-16(17)15(21(4-2)20-14)9-12(10-19)11-5-7-13(18)8-6-11/h5-8,12H,3-4,9-10,19H2,1-2H3. The van der Waals surface area contributed by atoms with Gasteiger partial charge in [-0.15, -0.1) is 0 Å². The molecular weight excluding hydrogens is 350 g/mol. The maximum absolute atomic E-state index is 5.99. The summed E-state index contributed by atoms with van der Waals surface area (Å²) < 4.78 is 3.20. The zero-order valence-electron chi connectivity index (χ0n) is 12.4. The van der Waals surface area contributed by atoms with Crippen LogP contribution in [0.25, 0.3) is 0 Å². The molecule has 1 heterocycles. The average molecular weight is 371 g/mol. The lowest BCUT2D eigenvalue weighted by Crippen LogP contribution is -2.17. The van der Waals surface area contributed by atoms with Gasteiger partial charge in [-0.05, 0) is 59.9 Å². The number of aryl methyl sites for hydroxylation is 2. The minimum Gasteiger partial charge on any atom is -0.330 e. The van der Waals surface area contributed by atoms with E-state index in [4.69, 9.17) is 17.3 Å². The quantitative estimate of drug-likeness (QED) is 0.829. The van der Waals surface area contributed by atoms with E-state index in [-0.39, 0.29) is 5.92 Å². The molecule has 0 aliphatic heterocycles. The number of hydrogen-bond donors (Lipinski definition) is 1. The van der Waals surface area contributed by atoms with Gasteiger partial charge < -0.3 is 5.73 Å². The number of nitrogens with zero attached hydrogens (tertiary/aromatic N) is 2. The Labute approximate surface area is 139 Å². The van der Waals surface area contributed by atoms with E-state index in [0.717, 1.165) is 34.6 Å². The molecule has 0 spiro atoms. The summed E-state index contributed by atoms with van der Waals surface area (Å²) in [6.45, 7) is 5.70. The van der Waals surface area contributed by atoms with Crippen molar-refractivity contribution in [3.8, 4) is 0 Å². The number of rotatable bonds is 6. The van der Waals surface area contributed by atoms with Crippen LogP contribution in [0.2, 0.25) is 5.02 Å². The normalized spacial score (nSPS) is 12.6. The zero-order valence-corrected chi connectivity index (χ0v) is 14.8. The van der Waals surface area contributed by atoms with Crippen LogP contribution in [-0.4, -0.2) is 16.3 Å². The third-order valence-electron chi connectivity index (χ3n) is 3.76. The molecule has 0 radical (unpaired) electrons. The largest absolute Gasteiger partial charge is 0.330 e. The maximum atomic E-state index is 5.99. The topological polar surface area (TPSA) is 43.8 Å². The van der Waals surface area contributed by atoms with Crippen molar-refractivity contribution in [2.75, 3.05) is 6.54 Å². The second kappa shape index (κ2) is 7.43. The van der Waals surface area contributed by atoms with E-state index in [9.17, 15) is 0 Å². The van der Waals surface area contributed by atoms with E-state index in [2.05, 4.69) is 51.7 Å². The Kier molecular flexibility index (Phi) is 5.85. The van der Waals surface area contributed by atoms with Crippen molar-refractivity contribution in [3.05, 3.63) is 50.7 Å². The van der Waals surface area contributed by atoms with Gasteiger partial charge in [0.2, 0.25) is 0 Å². The van der Waals surface area contributed by atoms with Crippen LogP contribution in [0, 0.1) is 0 Å². The molecule has 0 bridgehead atoms. The van der Waals surface area contributed by atoms with Gasteiger partial charge in [0.05, 0.1) is 15.9 Å². The summed E-state index contributed by atoms with van der Waals surface area (Å²) in [4.78, 5) is 0. The van der Waals surface area contributed by atoms with E-state index in [1.165, 1.54) is 11.3 Å². The van der Waals surface area contributed by atoms with Gasteiger partial charge in [0.15, 0.2) is 0 Å². The van der Waals surface area contributed by atoms with Crippen molar-refractivity contribution in [1.29, 1.82) is 0 Å². The van der Waals surface area contributed by atoms with E-state index in [0.29, 0.717) is 6.54 Å². The van der Waals surface area contributed by atoms with Crippen molar-refractivity contribution in [3.63, 3.8) is 0 Å². The SMILES string of the molecule is CCc1nn(CC)c(CC(CN)c2ccc(Cl)cc2)c1Br. The fourth-order valence-electron chi connectivity index (χ4n) is 2.52. The molecule has 5 heteroatoms. The molecule has 3 nitrogen and oxygen atoms in total. The molecule has 2 rings (SSSR count). The molecule has 0 saturated carbocycles. The van der Waals surface area contributed by atoms with Crippen LogP contribution >= 0.6 is 27.5 Å². The highest BCUT2D eigenvalue weighted by molar-refractivity contribution is 9.10. The fourth-order valence-corrected chi connectivity index (χ4v) is 3.37. The number of nitrogens with two attached hydrogens (primary N) is 1. The minimum atomic E-state index is 0.269. The van der Waals surface area contributed by atoms with Crippen LogP contribution < -0.4 is 5.73 Å². The van der Waals surface area contributed by atoms with Gasteiger partial charge in [-0.2, -0.15) is 5.10 Å². The monoisotopic (exact) mass is 369 g/mol. The molecule has 0 fully saturated rings. The lowest BCUT2D eigenvalue weighted by atomic mass is 9.94. The maximum Gasteiger partial charge on any atom is 0.0766 e. The highest BCUT2D eigenvalue weighted by Crippen LogP contribution is 2.28. The summed E-state index contributed by atoms with van der Waals surface area (Å²) in [5.41, 5.74) is 9.54. The summed E-state index contributed by atoms with van der Waals surface area (Å²) in [6, 6.07) is 7.95. The summed E-state index contributed by atoms with van der Waals surface area (Å²) in [7, 11) is 0. The third-order valence-corrected chi connectivity index (χ3v) is 4.93. The number of halogens is 2. The lowest BCUT2D eigenvalue weighted by molar-refractivity contribution is 0.580. The Balaban J connectivity index is 2.30. The molecule has 21 heavy (non-hydrogen) atoms. The molecular formula is C16H21BrClN3. The molecule has 1 atom stereocenters. The Morgan fingerprint density at radius 2 is 1.95 bits per heavy atom. The Bertz CT molecular complexity index is 592. The Morgan fingerprint density at radius 1 is 1.29 bits per heavy atom. The van der Waals surface area contributed by atoms with Gasteiger partial charge in [-0.3, -0.25) is 4.68 Å². The van der Waals surface area contributed by atoms with E-state index in [1.54, 1.807) is 0 Å². The van der Waals surface area contributed by atoms with Gasteiger partial charge in [-0.25, -0.2) is 0 Å². The fraction of sp³-hybridized carbons (Fsp3) is 0.438. The highest BCUT2D eigenvalue weighted by atomic mass is 79.9. The molecule has 2 N–H and O–H groups in total. The van der Waals surface area contributed by atoms with Crippen molar-refractivity contribution in [1.82, 2.24) is 9.78 Å². The predicted octanol–water partition coefficient (Wildman–Crippen LogP) is 4.17. The second-order valence-corrected chi connectivity index (χ2v) is 6.29. The van der Waals surface area contributed by atoms with Gasteiger partial charge in [0.25, 0.3) is 0 Å². The lowest BCUT2D eigenvalue weighted by Gasteiger charge is -2.16. The Hall–Kier alpha value is -0.840. The van der Waals surface area contributed by atoms with E-state index < -0.39 is 0 Å². The van der Waals surface area contributed by atoms with Crippen molar-refractivity contribution < 1.29 is 0 Å². The molecule has 114 valence electrons. The molecule has 1 aromatic heterocycles. The van der Waals surface area contributed by atoms with Crippen molar-refractivity contribution in [2.24, 2.45) is 5.73 Å². The first-order valence-corrected chi connectivity index (χ1v) is 8.47. The minimum absolute atomic E-state index is 0.269. The summed E-state index contributed by atoms with van der Waals surface area (Å²) in [5, 5.41) is 5.40. The van der Waals surface area contributed by atoms with Crippen LogP contribution in [0.1, 0.15) is 36.7 Å². The Morgan fingerprint density at radius 3 is 2.48 bits per heavy atom. The number of benzene rings is 1. The number of hydrogen-bond acceptors (Lipinski definition) is 2. The van der Waals surface area contributed by atoms with Crippen LogP contribution in [0.4, 0.5) is 0 Å². The summed E-state index contributed by atoms with van der Waals surface area (Å²) in [5.74, 6) is 0.269. The molecule has 0 amide bonds. The molecule has 0 aliphatic carbocycles. The molecule has 0 saturated heterocycles. The first-order chi connectivity index (χ1) is 10.1. The van der Waals surface area contributed by atoms with Gasteiger partial charge in [0.1, 0.15) is 0 Å². The van der Waals surface area contributed by atoms with Crippen molar-refractivity contribution >= 4 is 27.5 Å². The predicted molar refractivity (Wildman–Crippen MR) is 91.9 cm³/mol. The third kappa shape index (κ3) is 3.68. The van der Waals surface area contributed by atoms with Crippen LogP contribution in [-0.2, 0) is 19.4 Å². The van der Waals surface area contributed by atoms with Crippen LogP contribution in [0.3, 0.4) is 0 Å². The second-order valence-electron chi connectivity index (χ2n) is 5.06. The molecule has 0 aliphatic rings. The smallest absolute Gasteiger partial charge is 0.0766 e. The van der Waals surface area contributed by atoms with E-state index in [1.807, 2.05) is 12.1 Å². The molecule has 2 aromatic rings.